The minimum atomic E-state index is 0.336. The second-order valence-electron chi connectivity index (χ2n) is 10.1. The molecule has 1 atom stereocenters. The largest absolute Gasteiger partial charge is 0.313 e. The van der Waals surface area contributed by atoms with Crippen molar-refractivity contribution in [3.8, 4) is 16.8 Å². The van der Waals surface area contributed by atoms with E-state index in [-0.39, 0.29) is 0 Å². The molecule has 6 rings (SSSR count). The summed E-state index contributed by atoms with van der Waals surface area (Å²) in [5.74, 6) is 0.336. The monoisotopic (exact) mass is 525 g/mol. The van der Waals surface area contributed by atoms with Crippen LogP contribution in [0, 0.1) is 5.92 Å². The van der Waals surface area contributed by atoms with Gasteiger partial charge in [0.2, 0.25) is 0 Å². The van der Waals surface area contributed by atoms with E-state index in [1.165, 1.54) is 50.1 Å². The van der Waals surface area contributed by atoms with Crippen LogP contribution in [0.25, 0.3) is 39.4 Å². The van der Waals surface area contributed by atoms with E-state index in [0.717, 1.165) is 24.3 Å². The number of rotatable bonds is 7. The molecule has 1 nitrogen and oxygen atoms in total. The zero-order chi connectivity index (χ0) is 26.6. The Morgan fingerprint density at radius 3 is 2.28 bits per heavy atom. The molecular formula is C37H32ClN. The molecular weight excluding hydrogens is 494 g/mol. The van der Waals surface area contributed by atoms with Crippen LogP contribution in [-0.4, -0.2) is 4.57 Å². The summed E-state index contributed by atoms with van der Waals surface area (Å²) in [6, 6.07) is 36.3. The highest BCUT2D eigenvalue weighted by Crippen LogP contribution is 2.43. The Bertz CT molecular complexity index is 1670. The zero-order valence-electron chi connectivity index (χ0n) is 22.2. The summed E-state index contributed by atoms with van der Waals surface area (Å²) >= 11 is 6.57. The van der Waals surface area contributed by atoms with Gasteiger partial charge in [-0.25, -0.2) is 0 Å². The summed E-state index contributed by atoms with van der Waals surface area (Å²) in [7, 11) is 0. The van der Waals surface area contributed by atoms with Gasteiger partial charge in [-0.2, -0.15) is 0 Å². The Morgan fingerprint density at radius 1 is 0.821 bits per heavy atom. The first-order valence-corrected chi connectivity index (χ1v) is 14.2. The maximum Gasteiger partial charge on any atom is 0.0538 e. The van der Waals surface area contributed by atoms with Gasteiger partial charge in [0.25, 0.3) is 0 Å². The van der Waals surface area contributed by atoms with Gasteiger partial charge in [-0.15, -0.1) is 0 Å². The van der Waals surface area contributed by atoms with Gasteiger partial charge in [-0.1, -0.05) is 122 Å². The van der Waals surface area contributed by atoms with Crippen molar-refractivity contribution in [1.82, 2.24) is 4.57 Å². The standard InChI is InChI=1S/C37H32ClN/c1-2-28(15-10-9-14-27-12-5-3-6-13-27)33-18-11-19-36-37(33)34-26-31(38)22-25-35(34)39(36)32-23-20-30(21-24-32)29-16-7-4-8-17-29/h3-10,12-18,20-26,28H,2,11,19H2,1H3/b14-9+,15-10-. The number of benzene rings is 4. The zero-order valence-corrected chi connectivity index (χ0v) is 23.0. The van der Waals surface area contributed by atoms with E-state index >= 15 is 0 Å². The van der Waals surface area contributed by atoms with Gasteiger partial charge in [0.1, 0.15) is 0 Å². The quantitative estimate of drug-likeness (QED) is 0.186. The molecule has 0 fully saturated rings. The van der Waals surface area contributed by atoms with E-state index in [1.54, 1.807) is 0 Å². The predicted molar refractivity (Wildman–Crippen MR) is 168 cm³/mol. The van der Waals surface area contributed by atoms with Crippen LogP contribution in [0.4, 0.5) is 0 Å². The van der Waals surface area contributed by atoms with Gasteiger partial charge >= 0.3 is 0 Å². The predicted octanol–water partition coefficient (Wildman–Crippen LogP) is 10.6. The Hall–Kier alpha value is -4.07. The van der Waals surface area contributed by atoms with Gasteiger partial charge < -0.3 is 4.57 Å². The Labute approximate surface area is 236 Å². The molecule has 0 N–H and O–H groups in total. The van der Waals surface area contributed by atoms with Crippen molar-refractivity contribution in [2.24, 2.45) is 5.92 Å². The van der Waals surface area contributed by atoms with Crippen LogP contribution in [0.1, 0.15) is 36.6 Å². The van der Waals surface area contributed by atoms with Crippen molar-refractivity contribution in [3.05, 3.63) is 149 Å². The normalized spacial score (nSPS) is 14.2. The summed E-state index contributed by atoms with van der Waals surface area (Å²) < 4.78 is 2.45. The second kappa shape index (κ2) is 11.4. The van der Waals surface area contributed by atoms with Crippen LogP contribution >= 0.6 is 11.6 Å². The fraction of sp³-hybridized carbons (Fsp3) is 0.135. The highest BCUT2D eigenvalue weighted by molar-refractivity contribution is 6.31. The Kier molecular flexibility index (Phi) is 7.34. The molecule has 2 heteroatoms. The number of allylic oxidation sites excluding steroid dienone is 5. The molecule has 5 aromatic rings. The van der Waals surface area contributed by atoms with Gasteiger partial charge in [0.15, 0.2) is 0 Å². The third kappa shape index (κ3) is 5.15. The molecule has 0 spiro atoms. The van der Waals surface area contributed by atoms with E-state index in [0.29, 0.717) is 5.92 Å². The minimum Gasteiger partial charge on any atom is -0.313 e. The number of nitrogens with zero attached hydrogens (tertiary/aromatic N) is 1. The molecule has 0 saturated carbocycles. The fourth-order valence-electron chi connectivity index (χ4n) is 5.80. The smallest absolute Gasteiger partial charge is 0.0538 e. The summed E-state index contributed by atoms with van der Waals surface area (Å²) in [5, 5.41) is 2.02. The van der Waals surface area contributed by atoms with Crippen molar-refractivity contribution in [2.45, 2.75) is 26.2 Å². The number of halogens is 1. The van der Waals surface area contributed by atoms with Crippen molar-refractivity contribution in [2.75, 3.05) is 0 Å². The van der Waals surface area contributed by atoms with Crippen molar-refractivity contribution in [3.63, 3.8) is 0 Å². The van der Waals surface area contributed by atoms with Crippen LogP contribution < -0.4 is 0 Å². The summed E-state index contributed by atoms with van der Waals surface area (Å²) in [6.07, 6.45) is 14.4. The van der Waals surface area contributed by atoms with Gasteiger partial charge in [0.05, 0.1) is 5.52 Å². The van der Waals surface area contributed by atoms with Crippen LogP contribution in [-0.2, 0) is 6.42 Å². The lowest BCUT2D eigenvalue weighted by atomic mass is 9.84. The molecule has 0 amide bonds. The molecule has 1 aliphatic carbocycles. The SMILES string of the molecule is CCC(/C=C\C=C\c1ccccc1)C1=CCCc2c1c1cc(Cl)ccc1n2-c1ccc(-c2ccccc2)cc1. The van der Waals surface area contributed by atoms with Crippen molar-refractivity contribution in [1.29, 1.82) is 0 Å². The lowest BCUT2D eigenvalue weighted by molar-refractivity contribution is 0.773. The van der Waals surface area contributed by atoms with E-state index in [2.05, 4.69) is 133 Å². The minimum absolute atomic E-state index is 0.336. The Balaban J connectivity index is 1.40. The average molecular weight is 526 g/mol. The third-order valence-electron chi connectivity index (χ3n) is 7.68. The van der Waals surface area contributed by atoms with Crippen LogP contribution in [0.15, 0.2) is 127 Å². The number of aromatic nitrogens is 1. The molecule has 192 valence electrons. The summed E-state index contributed by atoms with van der Waals surface area (Å²) in [5.41, 5.74) is 10.2. The molecule has 4 aromatic carbocycles. The number of hydrogen-bond acceptors (Lipinski definition) is 0. The van der Waals surface area contributed by atoms with Crippen molar-refractivity contribution >= 4 is 34.2 Å². The molecule has 0 radical (unpaired) electrons. The third-order valence-corrected chi connectivity index (χ3v) is 7.91. The lowest BCUT2D eigenvalue weighted by Gasteiger charge is -2.22. The molecule has 1 unspecified atom stereocenters. The topological polar surface area (TPSA) is 4.93 Å². The maximum absolute atomic E-state index is 6.57. The summed E-state index contributed by atoms with van der Waals surface area (Å²) in [4.78, 5) is 0. The van der Waals surface area contributed by atoms with Crippen LogP contribution in [0.2, 0.25) is 5.02 Å². The first kappa shape index (κ1) is 25.2. The van der Waals surface area contributed by atoms with Crippen LogP contribution in [0.5, 0.6) is 0 Å². The van der Waals surface area contributed by atoms with Gasteiger partial charge in [-0.05, 0) is 71.9 Å². The molecule has 0 aliphatic heterocycles. The average Bonchev–Trinajstić information content (AvgIpc) is 3.32. The van der Waals surface area contributed by atoms with Gasteiger partial charge in [0, 0.05) is 33.3 Å². The maximum atomic E-state index is 6.57. The fourth-order valence-corrected chi connectivity index (χ4v) is 5.97. The van der Waals surface area contributed by atoms with Gasteiger partial charge in [-0.3, -0.25) is 0 Å². The number of fused-ring (bicyclic) bond motifs is 3. The van der Waals surface area contributed by atoms with Crippen molar-refractivity contribution < 1.29 is 0 Å². The lowest BCUT2D eigenvalue weighted by Crippen LogP contribution is -2.09. The Morgan fingerprint density at radius 2 is 1.54 bits per heavy atom. The first-order valence-electron chi connectivity index (χ1n) is 13.8. The first-order chi connectivity index (χ1) is 19.2. The number of hydrogen-bond donors (Lipinski definition) is 0. The van der Waals surface area contributed by atoms with Crippen LogP contribution in [0.3, 0.4) is 0 Å². The van der Waals surface area contributed by atoms with E-state index in [1.807, 2.05) is 12.1 Å². The van der Waals surface area contributed by atoms with E-state index in [4.69, 9.17) is 11.6 Å². The van der Waals surface area contributed by atoms with E-state index in [9.17, 15) is 0 Å². The molecule has 1 aromatic heterocycles. The molecule has 1 heterocycles. The highest BCUT2D eigenvalue weighted by atomic mass is 35.5. The summed E-state index contributed by atoms with van der Waals surface area (Å²) in [6.45, 7) is 2.28. The van der Waals surface area contributed by atoms with E-state index < -0.39 is 0 Å². The second-order valence-corrected chi connectivity index (χ2v) is 10.5. The highest BCUT2D eigenvalue weighted by Gasteiger charge is 2.26. The molecule has 0 saturated heterocycles. The molecule has 1 aliphatic rings. The molecule has 39 heavy (non-hydrogen) atoms. The molecule has 0 bridgehead atoms.